The Balaban J connectivity index is 1.67. The smallest absolute Gasteiger partial charge is 0.159 e. The predicted octanol–water partition coefficient (Wildman–Crippen LogP) is 4.09. The quantitative estimate of drug-likeness (QED) is 0.739. The van der Waals surface area contributed by atoms with Crippen LogP contribution in [0.3, 0.4) is 0 Å². The van der Waals surface area contributed by atoms with Crippen LogP contribution in [0.2, 0.25) is 5.02 Å². The standard InChI is InChI=1S/C16H15ClFN5/c17-11-3-4-12(18)13(7-11)21-14-8-16(19-9-10-1-2-10)23-15(22-14)5-6-20-23/h3-8,10,19H,1-2,9H2,(H,21,22). The number of nitrogens with one attached hydrogen (secondary N) is 2. The minimum Gasteiger partial charge on any atom is -0.370 e. The molecule has 1 aliphatic rings. The molecule has 0 bridgehead atoms. The van der Waals surface area contributed by atoms with Crippen LogP contribution in [-0.2, 0) is 0 Å². The molecule has 1 saturated carbocycles. The molecule has 0 unspecified atom stereocenters. The highest BCUT2D eigenvalue weighted by Gasteiger charge is 2.21. The van der Waals surface area contributed by atoms with Gasteiger partial charge in [-0.25, -0.2) is 9.37 Å². The first-order valence-electron chi connectivity index (χ1n) is 7.50. The normalized spacial score (nSPS) is 14.2. The van der Waals surface area contributed by atoms with Crippen molar-refractivity contribution in [2.24, 2.45) is 5.92 Å². The van der Waals surface area contributed by atoms with E-state index in [1.165, 1.54) is 31.0 Å². The molecule has 1 aromatic carbocycles. The highest BCUT2D eigenvalue weighted by Crippen LogP contribution is 2.30. The van der Waals surface area contributed by atoms with E-state index in [0.29, 0.717) is 22.2 Å². The Morgan fingerprint density at radius 1 is 1.26 bits per heavy atom. The van der Waals surface area contributed by atoms with Crippen molar-refractivity contribution in [3.05, 3.63) is 47.4 Å². The summed E-state index contributed by atoms with van der Waals surface area (Å²) in [4.78, 5) is 4.44. The van der Waals surface area contributed by atoms with E-state index in [1.807, 2.05) is 12.1 Å². The molecule has 2 heterocycles. The molecule has 2 aromatic heterocycles. The summed E-state index contributed by atoms with van der Waals surface area (Å²) in [5, 5.41) is 11.1. The molecule has 2 N–H and O–H groups in total. The maximum atomic E-state index is 13.9. The van der Waals surface area contributed by atoms with Gasteiger partial charge in [-0.15, -0.1) is 0 Å². The third-order valence-corrected chi connectivity index (χ3v) is 4.05. The second-order valence-corrected chi connectivity index (χ2v) is 6.14. The lowest BCUT2D eigenvalue weighted by Gasteiger charge is -2.12. The van der Waals surface area contributed by atoms with Gasteiger partial charge in [-0.05, 0) is 37.0 Å². The van der Waals surface area contributed by atoms with Gasteiger partial charge >= 0.3 is 0 Å². The number of anilines is 3. The van der Waals surface area contributed by atoms with Crippen molar-refractivity contribution in [3.63, 3.8) is 0 Å². The number of benzene rings is 1. The fourth-order valence-electron chi connectivity index (χ4n) is 2.41. The maximum Gasteiger partial charge on any atom is 0.159 e. The van der Waals surface area contributed by atoms with Crippen LogP contribution in [0, 0.1) is 11.7 Å². The van der Waals surface area contributed by atoms with E-state index in [2.05, 4.69) is 20.7 Å². The molecule has 1 aliphatic carbocycles. The molecule has 118 valence electrons. The summed E-state index contributed by atoms with van der Waals surface area (Å²) < 4.78 is 15.6. The van der Waals surface area contributed by atoms with Crippen molar-refractivity contribution in [3.8, 4) is 0 Å². The SMILES string of the molecule is Fc1ccc(Cl)cc1Nc1cc(NCC2CC2)n2nccc2n1. The molecule has 5 nitrogen and oxygen atoms in total. The van der Waals surface area contributed by atoms with Gasteiger partial charge in [0.1, 0.15) is 17.5 Å². The molecule has 3 aromatic rings. The molecule has 0 saturated heterocycles. The molecule has 0 atom stereocenters. The highest BCUT2D eigenvalue weighted by molar-refractivity contribution is 6.30. The van der Waals surface area contributed by atoms with Crippen LogP contribution < -0.4 is 10.6 Å². The van der Waals surface area contributed by atoms with Crippen LogP contribution >= 0.6 is 11.6 Å². The molecular formula is C16H15ClFN5. The lowest BCUT2D eigenvalue weighted by molar-refractivity contribution is 0.632. The number of halogens is 2. The Bertz CT molecular complexity index is 859. The summed E-state index contributed by atoms with van der Waals surface area (Å²) in [5.41, 5.74) is 0.984. The number of hydrogen-bond donors (Lipinski definition) is 2. The zero-order valence-corrected chi connectivity index (χ0v) is 13.0. The van der Waals surface area contributed by atoms with Gasteiger partial charge in [0.2, 0.25) is 0 Å². The minimum absolute atomic E-state index is 0.294. The average Bonchev–Trinajstić information content (AvgIpc) is 3.24. The van der Waals surface area contributed by atoms with Crippen molar-refractivity contribution in [1.29, 1.82) is 0 Å². The third-order valence-electron chi connectivity index (χ3n) is 3.82. The molecule has 4 rings (SSSR count). The van der Waals surface area contributed by atoms with Gasteiger partial charge in [0.15, 0.2) is 5.65 Å². The lowest BCUT2D eigenvalue weighted by Crippen LogP contribution is -2.10. The van der Waals surface area contributed by atoms with E-state index in [4.69, 9.17) is 11.6 Å². The fourth-order valence-corrected chi connectivity index (χ4v) is 2.58. The van der Waals surface area contributed by atoms with Crippen LogP contribution in [0.1, 0.15) is 12.8 Å². The van der Waals surface area contributed by atoms with Gasteiger partial charge in [0.05, 0.1) is 11.9 Å². The Kier molecular flexibility index (Phi) is 3.53. The van der Waals surface area contributed by atoms with Crippen LogP contribution in [-0.4, -0.2) is 21.1 Å². The van der Waals surface area contributed by atoms with E-state index >= 15 is 0 Å². The number of hydrogen-bond acceptors (Lipinski definition) is 4. The van der Waals surface area contributed by atoms with Crippen LogP contribution in [0.15, 0.2) is 36.5 Å². The number of aromatic nitrogens is 3. The number of nitrogens with zero attached hydrogens (tertiary/aromatic N) is 3. The van der Waals surface area contributed by atoms with E-state index in [1.54, 1.807) is 10.7 Å². The second-order valence-electron chi connectivity index (χ2n) is 5.70. The predicted molar refractivity (Wildman–Crippen MR) is 88.9 cm³/mol. The zero-order chi connectivity index (χ0) is 15.8. The molecule has 0 spiro atoms. The van der Waals surface area contributed by atoms with E-state index in [9.17, 15) is 4.39 Å². The minimum atomic E-state index is -0.378. The van der Waals surface area contributed by atoms with Crippen molar-refractivity contribution in [1.82, 2.24) is 14.6 Å². The van der Waals surface area contributed by atoms with Crippen molar-refractivity contribution < 1.29 is 4.39 Å². The summed E-state index contributed by atoms with van der Waals surface area (Å²) in [5.74, 6) is 1.72. The number of rotatable bonds is 5. The topological polar surface area (TPSA) is 54.2 Å². The molecule has 7 heteroatoms. The summed E-state index contributed by atoms with van der Waals surface area (Å²) in [6.07, 6.45) is 4.21. The first-order chi connectivity index (χ1) is 11.2. The zero-order valence-electron chi connectivity index (χ0n) is 12.3. The van der Waals surface area contributed by atoms with Gasteiger partial charge in [-0.2, -0.15) is 9.61 Å². The fraction of sp³-hybridized carbons (Fsp3) is 0.250. The summed E-state index contributed by atoms with van der Waals surface area (Å²) in [6, 6.07) is 8.01. The molecular weight excluding hydrogens is 317 g/mol. The van der Waals surface area contributed by atoms with Crippen molar-refractivity contribution in [2.75, 3.05) is 17.2 Å². The van der Waals surface area contributed by atoms with Gasteiger partial charge in [0.25, 0.3) is 0 Å². The molecule has 0 aliphatic heterocycles. The lowest BCUT2D eigenvalue weighted by atomic mass is 10.3. The maximum absolute atomic E-state index is 13.9. The van der Waals surface area contributed by atoms with Crippen molar-refractivity contribution in [2.45, 2.75) is 12.8 Å². The van der Waals surface area contributed by atoms with E-state index in [0.717, 1.165) is 18.3 Å². The van der Waals surface area contributed by atoms with E-state index in [-0.39, 0.29) is 5.82 Å². The molecule has 0 radical (unpaired) electrons. The first-order valence-corrected chi connectivity index (χ1v) is 7.87. The Labute approximate surface area is 137 Å². The van der Waals surface area contributed by atoms with Gasteiger partial charge < -0.3 is 10.6 Å². The monoisotopic (exact) mass is 331 g/mol. The van der Waals surface area contributed by atoms with Gasteiger partial charge in [-0.3, -0.25) is 0 Å². The summed E-state index contributed by atoms with van der Waals surface area (Å²) in [6.45, 7) is 0.907. The molecule has 23 heavy (non-hydrogen) atoms. The average molecular weight is 332 g/mol. The van der Waals surface area contributed by atoms with Crippen LogP contribution in [0.5, 0.6) is 0 Å². The van der Waals surface area contributed by atoms with Crippen LogP contribution in [0.4, 0.5) is 21.7 Å². The summed E-state index contributed by atoms with van der Waals surface area (Å²) >= 11 is 5.93. The number of fused-ring (bicyclic) bond motifs is 1. The Morgan fingerprint density at radius 3 is 2.96 bits per heavy atom. The third kappa shape index (κ3) is 3.07. The molecule has 1 fully saturated rings. The van der Waals surface area contributed by atoms with Gasteiger partial charge in [0, 0.05) is 23.7 Å². The van der Waals surface area contributed by atoms with Crippen molar-refractivity contribution >= 4 is 34.6 Å². The van der Waals surface area contributed by atoms with Gasteiger partial charge in [-0.1, -0.05) is 11.6 Å². The Morgan fingerprint density at radius 2 is 2.13 bits per heavy atom. The molecule has 0 amide bonds. The Hall–Kier alpha value is -2.34. The highest BCUT2D eigenvalue weighted by atomic mass is 35.5. The summed E-state index contributed by atoms with van der Waals surface area (Å²) in [7, 11) is 0. The largest absolute Gasteiger partial charge is 0.370 e. The van der Waals surface area contributed by atoms with E-state index < -0.39 is 0 Å². The first kappa shape index (κ1) is 14.3. The second kappa shape index (κ2) is 5.70. The van der Waals surface area contributed by atoms with Crippen LogP contribution in [0.25, 0.3) is 5.65 Å².